The van der Waals surface area contributed by atoms with Crippen LogP contribution in [0.25, 0.3) is 0 Å². The number of rotatable bonds is 2. The summed E-state index contributed by atoms with van der Waals surface area (Å²) in [6.45, 7) is 11.8. The highest BCUT2D eigenvalue weighted by Gasteiger charge is 2.42. The maximum Gasteiger partial charge on any atom is 0.228 e. The molecule has 2 rings (SSSR count). The van der Waals surface area contributed by atoms with Gasteiger partial charge in [-0.3, -0.25) is 4.79 Å². The smallest absolute Gasteiger partial charge is 0.228 e. The van der Waals surface area contributed by atoms with Gasteiger partial charge in [0, 0.05) is 18.0 Å². The Morgan fingerprint density at radius 2 is 1.95 bits per heavy atom. The lowest BCUT2D eigenvalue weighted by molar-refractivity contribution is -0.148. The second kappa shape index (κ2) is 5.82. The first-order chi connectivity index (χ1) is 8.93. The maximum atomic E-state index is 13.0. The van der Waals surface area contributed by atoms with Crippen molar-refractivity contribution in [1.29, 1.82) is 0 Å². The molecular weight excluding hydrogens is 236 g/mol. The molecule has 2 fully saturated rings. The molecule has 0 saturated carbocycles. The van der Waals surface area contributed by atoms with Gasteiger partial charge in [-0.15, -0.1) is 0 Å². The van der Waals surface area contributed by atoms with E-state index < -0.39 is 0 Å². The second-order valence-corrected chi connectivity index (χ2v) is 7.25. The van der Waals surface area contributed by atoms with Crippen LogP contribution in [-0.4, -0.2) is 36.5 Å². The summed E-state index contributed by atoms with van der Waals surface area (Å²) in [6, 6.07) is 0.416. The fourth-order valence-corrected chi connectivity index (χ4v) is 3.58. The van der Waals surface area contributed by atoms with Gasteiger partial charge in [0.25, 0.3) is 0 Å². The summed E-state index contributed by atoms with van der Waals surface area (Å²) in [6.07, 6.45) is 4.80. The molecule has 3 unspecified atom stereocenters. The van der Waals surface area contributed by atoms with Crippen molar-refractivity contribution < 1.29 is 4.79 Å². The molecule has 3 atom stereocenters. The number of piperidine rings is 2. The molecule has 2 heterocycles. The van der Waals surface area contributed by atoms with E-state index >= 15 is 0 Å². The van der Waals surface area contributed by atoms with Crippen molar-refractivity contribution in [3.05, 3.63) is 0 Å². The van der Waals surface area contributed by atoms with Gasteiger partial charge in [0.15, 0.2) is 0 Å². The van der Waals surface area contributed by atoms with Crippen molar-refractivity contribution in [3.63, 3.8) is 0 Å². The Morgan fingerprint density at radius 3 is 2.58 bits per heavy atom. The molecule has 2 saturated heterocycles. The predicted molar refractivity (Wildman–Crippen MR) is 78.9 cm³/mol. The minimum Gasteiger partial charge on any atom is -0.339 e. The van der Waals surface area contributed by atoms with E-state index in [2.05, 4.69) is 37.9 Å². The lowest BCUT2D eigenvalue weighted by Gasteiger charge is -2.44. The molecular formula is C16H30N2O. The van der Waals surface area contributed by atoms with E-state index in [1.165, 1.54) is 19.3 Å². The number of nitrogens with zero attached hydrogens (tertiary/aromatic N) is 1. The van der Waals surface area contributed by atoms with Crippen molar-refractivity contribution in [3.8, 4) is 0 Å². The zero-order chi connectivity index (χ0) is 14.0. The highest BCUT2D eigenvalue weighted by Crippen LogP contribution is 2.36. The van der Waals surface area contributed by atoms with Crippen LogP contribution in [0.1, 0.15) is 53.4 Å². The van der Waals surface area contributed by atoms with Crippen molar-refractivity contribution in [2.75, 3.05) is 19.6 Å². The first-order valence-electron chi connectivity index (χ1n) is 7.94. The Labute approximate surface area is 118 Å². The third-order valence-electron chi connectivity index (χ3n) is 5.25. The van der Waals surface area contributed by atoms with Gasteiger partial charge in [-0.25, -0.2) is 0 Å². The quantitative estimate of drug-likeness (QED) is 0.833. The Balaban J connectivity index is 2.07. The van der Waals surface area contributed by atoms with Crippen LogP contribution in [0.15, 0.2) is 0 Å². The fourth-order valence-electron chi connectivity index (χ4n) is 3.58. The first-order valence-corrected chi connectivity index (χ1v) is 7.94. The monoisotopic (exact) mass is 266 g/mol. The van der Waals surface area contributed by atoms with Crippen LogP contribution in [-0.2, 0) is 4.79 Å². The molecule has 19 heavy (non-hydrogen) atoms. The third kappa shape index (κ3) is 3.13. The molecule has 3 nitrogen and oxygen atoms in total. The van der Waals surface area contributed by atoms with E-state index in [-0.39, 0.29) is 5.41 Å². The standard InChI is InChI=1S/C16H30N2O/c1-12-7-8-13(2)18(11-12)15(19)16(3,4)14-6-5-9-17-10-14/h12-14,17H,5-11H2,1-4H3. The number of hydrogen-bond acceptors (Lipinski definition) is 2. The lowest BCUT2D eigenvalue weighted by atomic mass is 9.73. The lowest BCUT2D eigenvalue weighted by Crippen LogP contribution is -2.53. The molecule has 0 bridgehead atoms. The highest BCUT2D eigenvalue weighted by molar-refractivity contribution is 5.82. The molecule has 0 spiro atoms. The summed E-state index contributed by atoms with van der Waals surface area (Å²) >= 11 is 0. The molecule has 0 aromatic rings. The molecule has 1 amide bonds. The molecule has 0 aromatic carbocycles. The normalized spacial score (nSPS) is 33.3. The van der Waals surface area contributed by atoms with Crippen molar-refractivity contribution >= 4 is 5.91 Å². The van der Waals surface area contributed by atoms with Crippen LogP contribution in [0.3, 0.4) is 0 Å². The van der Waals surface area contributed by atoms with Gasteiger partial charge in [-0.1, -0.05) is 20.8 Å². The van der Waals surface area contributed by atoms with Crippen molar-refractivity contribution in [2.24, 2.45) is 17.3 Å². The Morgan fingerprint density at radius 1 is 1.21 bits per heavy atom. The summed E-state index contributed by atoms with van der Waals surface area (Å²) in [7, 11) is 0. The summed E-state index contributed by atoms with van der Waals surface area (Å²) in [4.78, 5) is 15.1. The van der Waals surface area contributed by atoms with Gasteiger partial charge in [-0.2, -0.15) is 0 Å². The van der Waals surface area contributed by atoms with E-state index in [9.17, 15) is 4.79 Å². The maximum absolute atomic E-state index is 13.0. The predicted octanol–water partition coefficient (Wildman–Crippen LogP) is 2.66. The van der Waals surface area contributed by atoms with Gasteiger partial charge in [0.2, 0.25) is 5.91 Å². The van der Waals surface area contributed by atoms with Crippen LogP contribution in [0.2, 0.25) is 0 Å². The molecule has 0 aromatic heterocycles. The van der Waals surface area contributed by atoms with Crippen LogP contribution < -0.4 is 5.32 Å². The largest absolute Gasteiger partial charge is 0.339 e. The van der Waals surface area contributed by atoms with E-state index in [0.29, 0.717) is 23.8 Å². The average Bonchev–Trinajstić information content (AvgIpc) is 2.41. The fraction of sp³-hybridized carbons (Fsp3) is 0.938. The van der Waals surface area contributed by atoms with E-state index in [1.807, 2.05) is 0 Å². The number of carbonyl (C=O) groups excluding carboxylic acids is 1. The van der Waals surface area contributed by atoms with Gasteiger partial charge in [0.1, 0.15) is 0 Å². The molecule has 3 heteroatoms. The first kappa shape index (κ1) is 14.8. The van der Waals surface area contributed by atoms with Crippen LogP contribution in [0.5, 0.6) is 0 Å². The SMILES string of the molecule is CC1CCC(C)N(C(=O)C(C)(C)C2CCCNC2)C1. The van der Waals surface area contributed by atoms with Gasteiger partial charge >= 0.3 is 0 Å². The molecule has 0 radical (unpaired) electrons. The van der Waals surface area contributed by atoms with Crippen LogP contribution >= 0.6 is 0 Å². The van der Waals surface area contributed by atoms with Crippen molar-refractivity contribution in [2.45, 2.75) is 59.4 Å². The Hall–Kier alpha value is -0.570. The van der Waals surface area contributed by atoms with E-state index in [1.54, 1.807) is 0 Å². The number of nitrogens with one attached hydrogen (secondary N) is 1. The summed E-state index contributed by atoms with van der Waals surface area (Å²) in [5.74, 6) is 1.51. The number of hydrogen-bond donors (Lipinski definition) is 1. The van der Waals surface area contributed by atoms with Gasteiger partial charge in [-0.05, 0) is 57.5 Å². The summed E-state index contributed by atoms with van der Waals surface area (Å²) in [5, 5.41) is 3.45. The number of carbonyl (C=O) groups is 1. The average molecular weight is 266 g/mol. The molecule has 0 aliphatic carbocycles. The summed E-state index contributed by atoms with van der Waals surface area (Å²) < 4.78 is 0. The zero-order valence-corrected chi connectivity index (χ0v) is 13.0. The highest BCUT2D eigenvalue weighted by atomic mass is 16.2. The minimum atomic E-state index is -0.223. The number of likely N-dealkylation sites (tertiary alicyclic amines) is 1. The van der Waals surface area contributed by atoms with Gasteiger partial charge < -0.3 is 10.2 Å². The van der Waals surface area contributed by atoms with E-state index in [0.717, 1.165) is 26.1 Å². The third-order valence-corrected chi connectivity index (χ3v) is 5.25. The molecule has 110 valence electrons. The minimum absolute atomic E-state index is 0.223. The van der Waals surface area contributed by atoms with E-state index in [4.69, 9.17) is 0 Å². The Kier molecular flexibility index (Phi) is 4.54. The Bertz CT molecular complexity index is 321. The molecule has 1 N–H and O–H groups in total. The molecule has 2 aliphatic heterocycles. The molecule has 2 aliphatic rings. The van der Waals surface area contributed by atoms with Crippen molar-refractivity contribution in [1.82, 2.24) is 10.2 Å². The summed E-state index contributed by atoms with van der Waals surface area (Å²) in [5.41, 5.74) is -0.223. The van der Waals surface area contributed by atoms with Crippen LogP contribution in [0.4, 0.5) is 0 Å². The second-order valence-electron chi connectivity index (χ2n) is 7.25. The topological polar surface area (TPSA) is 32.3 Å². The van der Waals surface area contributed by atoms with Crippen LogP contribution in [0, 0.1) is 17.3 Å². The zero-order valence-electron chi connectivity index (χ0n) is 13.0. The number of amides is 1. The van der Waals surface area contributed by atoms with Gasteiger partial charge in [0.05, 0.1) is 0 Å².